The highest BCUT2D eigenvalue weighted by atomic mass is 79.9. The molecule has 0 heterocycles. The van der Waals surface area contributed by atoms with Crippen molar-refractivity contribution in [2.75, 3.05) is 6.54 Å². The molecule has 1 rings (SSSR count). The molecule has 0 N–H and O–H groups in total. The van der Waals surface area contributed by atoms with Crippen molar-refractivity contribution in [1.29, 1.82) is 0 Å². The van der Waals surface area contributed by atoms with E-state index in [2.05, 4.69) is 15.9 Å². The summed E-state index contributed by atoms with van der Waals surface area (Å²) in [5, 5.41) is 11.1. The first-order valence-electron chi connectivity index (χ1n) is 6.55. The predicted octanol–water partition coefficient (Wildman–Crippen LogP) is 4.11. The van der Waals surface area contributed by atoms with Crippen LogP contribution in [0.5, 0.6) is 0 Å². The first kappa shape index (κ1) is 17.4. The van der Waals surface area contributed by atoms with Gasteiger partial charge in [-0.25, -0.2) is 4.79 Å². The van der Waals surface area contributed by atoms with Crippen molar-refractivity contribution in [1.82, 2.24) is 4.90 Å². The van der Waals surface area contributed by atoms with E-state index in [9.17, 15) is 14.9 Å². The fourth-order valence-corrected chi connectivity index (χ4v) is 2.18. The SMILES string of the molecule is CCN(Cc1c(Br)cccc1[N+](=O)[O-])C(=O)OC(C)(C)C. The predicted molar refractivity (Wildman–Crippen MR) is 83.1 cm³/mol. The van der Waals surface area contributed by atoms with Gasteiger partial charge in [-0.3, -0.25) is 10.1 Å². The summed E-state index contributed by atoms with van der Waals surface area (Å²) < 4.78 is 5.90. The quantitative estimate of drug-likeness (QED) is 0.599. The molecular weight excluding hydrogens is 340 g/mol. The molecule has 0 aliphatic rings. The summed E-state index contributed by atoms with van der Waals surface area (Å²) in [5.41, 5.74) is -0.175. The summed E-state index contributed by atoms with van der Waals surface area (Å²) in [6, 6.07) is 4.73. The first-order chi connectivity index (χ1) is 9.65. The number of nitro benzene ring substituents is 1. The number of hydrogen-bond acceptors (Lipinski definition) is 4. The van der Waals surface area contributed by atoms with E-state index in [1.807, 2.05) is 0 Å². The zero-order chi connectivity index (χ0) is 16.2. The van der Waals surface area contributed by atoms with Crippen LogP contribution < -0.4 is 0 Å². The van der Waals surface area contributed by atoms with E-state index in [4.69, 9.17) is 4.74 Å². The van der Waals surface area contributed by atoms with Gasteiger partial charge in [0.1, 0.15) is 5.60 Å². The molecule has 0 unspecified atom stereocenters. The summed E-state index contributed by atoms with van der Waals surface area (Å²) in [7, 11) is 0. The Hall–Kier alpha value is -1.63. The second kappa shape index (κ2) is 6.89. The molecule has 0 saturated heterocycles. The van der Waals surface area contributed by atoms with E-state index in [1.165, 1.54) is 11.0 Å². The molecule has 0 fully saturated rings. The molecule has 0 radical (unpaired) electrons. The summed E-state index contributed by atoms with van der Waals surface area (Å²) in [5.74, 6) is 0. The van der Waals surface area contributed by atoms with Gasteiger partial charge in [0.2, 0.25) is 0 Å². The van der Waals surface area contributed by atoms with E-state index in [1.54, 1.807) is 39.8 Å². The fraction of sp³-hybridized carbons (Fsp3) is 0.500. The van der Waals surface area contributed by atoms with Gasteiger partial charge in [-0.2, -0.15) is 0 Å². The van der Waals surface area contributed by atoms with Gasteiger partial charge in [-0.15, -0.1) is 0 Å². The third-order valence-corrected chi connectivity index (χ3v) is 3.42. The van der Waals surface area contributed by atoms with Crippen molar-refractivity contribution in [2.24, 2.45) is 0 Å². The lowest BCUT2D eigenvalue weighted by Gasteiger charge is -2.26. The van der Waals surface area contributed by atoms with Crippen LogP contribution in [0.1, 0.15) is 33.3 Å². The minimum atomic E-state index is -0.607. The van der Waals surface area contributed by atoms with Crippen LogP contribution in [-0.2, 0) is 11.3 Å². The maximum absolute atomic E-state index is 12.1. The van der Waals surface area contributed by atoms with Crippen LogP contribution in [0.25, 0.3) is 0 Å². The van der Waals surface area contributed by atoms with E-state index in [0.717, 1.165) is 0 Å². The third kappa shape index (κ3) is 5.00. The van der Waals surface area contributed by atoms with Gasteiger partial charge >= 0.3 is 6.09 Å². The van der Waals surface area contributed by atoms with E-state index in [-0.39, 0.29) is 12.2 Å². The lowest BCUT2D eigenvalue weighted by Crippen LogP contribution is -2.36. The number of hydrogen-bond donors (Lipinski definition) is 0. The standard InChI is InChI=1S/C14H19BrN2O4/c1-5-16(13(18)21-14(2,3)4)9-10-11(15)7-6-8-12(10)17(19)20/h6-8H,5,9H2,1-4H3. The Kier molecular flexibility index (Phi) is 5.71. The van der Waals surface area contributed by atoms with Crippen LogP contribution >= 0.6 is 15.9 Å². The number of nitro groups is 1. The fourth-order valence-electron chi connectivity index (χ4n) is 1.70. The Bertz CT molecular complexity index is 540. The number of carbonyl (C=O) groups excluding carboxylic acids is 1. The van der Waals surface area contributed by atoms with E-state index >= 15 is 0 Å². The van der Waals surface area contributed by atoms with Crippen molar-refractivity contribution >= 4 is 27.7 Å². The van der Waals surface area contributed by atoms with Gasteiger partial charge in [0.15, 0.2) is 0 Å². The molecule has 1 aromatic rings. The molecule has 0 bridgehead atoms. The summed E-state index contributed by atoms with van der Waals surface area (Å²) in [4.78, 5) is 24.2. The highest BCUT2D eigenvalue weighted by Crippen LogP contribution is 2.28. The Morgan fingerprint density at radius 2 is 2.05 bits per heavy atom. The van der Waals surface area contributed by atoms with E-state index < -0.39 is 16.6 Å². The normalized spacial score (nSPS) is 11.1. The molecule has 0 saturated carbocycles. The monoisotopic (exact) mass is 358 g/mol. The van der Waals surface area contributed by atoms with Gasteiger partial charge in [0, 0.05) is 17.1 Å². The molecule has 7 heteroatoms. The lowest BCUT2D eigenvalue weighted by molar-refractivity contribution is -0.385. The Morgan fingerprint density at radius 3 is 2.52 bits per heavy atom. The number of benzene rings is 1. The topological polar surface area (TPSA) is 72.7 Å². The molecule has 1 amide bonds. The summed E-state index contributed by atoms with van der Waals surface area (Å²) >= 11 is 3.30. The average molecular weight is 359 g/mol. The highest BCUT2D eigenvalue weighted by Gasteiger charge is 2.25. The van der Waals surface area contributed by atoms with Crippen LogP contribution in [-0.4, -0.2) is 28.1 Å². The number of amides is 1. The van der Waals surface area contributed by atoms with Crippen LogP contribution in [0.4, 0.5) is 10.5 Å². The molecule has 0 aromatic heterocycles. The van der Waals surface area contributed by atoms with Gasteiger partial charge in [-0.05, 0) is 33.8 Å². The van der Waals surface area contributed by atoms with Crippen molar-refractivity contribution in [3.05, 3.63) is 38.3 Å². The molecular formula is C14H19BrN2O4. The molecule has 1 aromatic carbocycles. The minimum Gasteiger partial charge on any atom is -0.444 e. The minimum absolute atomic E-state index is 0.0219. The lowest BCUT2D eigenvalue weighted by atomic mass is 10.1. The summed E-state index contributed by atoms with van der Waals surface area (Å²) in [6.07, 6.45) is -0.491. The molecule has 21 heavy (non-hydrogen) atoms. The van der Waals surface area contributed by atoms with Gasteiger partial charge in [0.25, 0.3) is 5.69 Å². The van der Waals surface area contributed by atoms with Crippen LogP contribution in [0.3, 0.4) is 0 Å². The second-order valence-electron chi connectivity index (χ2n) is 5.49. The first-order valence-corrected chi connectivity index (χ1v) is 7.34. The van der Waals surface area contributed by atoms with Gasteiger partial charge in [-0.1, -0.05) is 22.0 Å². The molecule has 116 valence electrons. The number of ether oxygens (including phenoxy) is 1. The molecule has 0 aliphatic carbocycles. The van der Waals surface area contributed by atoms with Crippen molar-refractivity contribution < 1.29 is 14.5 Å². The van der Waals surface area contributed by atoms with Crippen LogP contribution in [0.15, 0.2) is 22.7 Å². The maximum Gasteiger partial charge on any atom is 0.410 e. The van der Waals surface area contributed by atoms with E-state index in [0.29, 0.717) is 16.6 Å². The smallest absolute Gasteiger partial charge is 0.410 e. The largest absolute Gasteiger partial charge is 0.444 e. The van der Waals surface area contributed by atoms with Crippen molar-refractivity contribution in [3.63, 3.8) is 0 Å². The second-order valence-corrected chi connectivity index (χ2v) is 6.34. The van der Waals surface area contributed by atoms with Crippen molar-refractivity contribution in [3.8, 4) is 0 Å². The zero-order valence-corrected chi connectivity index (χ0v) is 14.1. The zero-order valence-electron chi connectivity index (χ0n) is 12.6. The van der Waals surface area contributed by atoms with Gasteiger partial charge in [0.05, 0.1) is 17.0 Å². The molecule has 0 aliphatic heterocycles. The van der Waals surface area contributed by atoms with Crippen molar-refractivity contribution in [2.45, 2.75) is 39.8 Å². The molecule has 6 nitrogen and oxygen atoms in total. The number of rotatable bonds is 4. The third-order valence-electron chi connectivity index (χ3n) is 2.67. The van der Waals surface area contributed by atoms with Gasteiger partial charge < -0.3 is 9.64 Å². The molecule has 0 atom stereocenters. The molecule has 0 spiro atoms. The Labute approximate surface area is 132 Å². The number of halogens is 1. The average Bonchev–Trinajstić information content (AvgIpc) is 2.34. The van der Waals surface area contributed by atoms with Crippen LogP contribution in [0.2, 0.25) is 0 Å². The summed E-state index contributed by atoms with van der Waals surface area (Å²) in [6.45, 7) is 7.64. The highest BCUT2D eigenvalue weighted by molar-refractivity contribution is 9.10. The number of carbonyl (C=O) groups is 1. The maximum atomic E-state index is 12.1. The van der Waals surface area contributed by atoms with Crippen LogP contribution in [0, 0.1) is 10.1 Å². The Morgan fingerprint density at radius 1 is 1.43 bits per heavy atom. The Balaban J connectivity index is 3.02. The number of nitrogens with zero attached hydrogens (tertiary/aromatic N) is 2.